The number of hydrogen-bond donors (Lipinski definition) is 3. The molecule has 2 aromatic heterocycles. The van der Waals surface area contributed by atoms with Gasteiger partial charge in [-0.3, -0.25) is 14.5 Å². The van der Waals surface area contributed by atoms with E-state index in [-0.39, 0.29) is 22.2 Å². The Kier molecular flexibility index (Phi) is 6.49. The molecule has 33 heavy (non-hydrogen) atoms. The van der Waals surface area contributed by atoms with E-state index in [4.69, 9.17) is 10.6 Å². The van der Waals surface area contributed by atoms with Crippen molar-refractivity contribution in [2.24, 2.45) is 5.16 Å². The van der Waals surface area contributed by atoms with E-state index in [1.54, 1.807) is 23.0 Å². The summed E-state index contributed by atoms with van der Waals surface area (Å²) in [5.74, 6) is -2.04. The first kappa shape index (κ1) is 22.9. The normalized spacial score (nSPS) is 20.6. The molecule has 1 fully saturated rings. The van der Waals surface area contributed by atoms with Crippen LogP contribution in [0.2, 0.25) is 0 Å². The number of oxime groups is 1. The van der Waals surface area contributed by atoms with Crippen LogP contribution in [-0.2, 0) is 19.2 Å². The standard InChI is InChI=1S/C19H18N6O5S3/c1-8-11(33-7-21-8)4-3-9-5-31-17-13(16(27)25(17)14(9)18(28)29)23-15(26)12(24-30-2)10-6-32-19(20)22-10/h3-4,6-7,13,17H,5H2,1-2H3,(H2,20,22)(H,23,26)(H,28,29)/b4-3+,24-12+. The number of nitrogens with one attached hydrogen (secondary N) is 1. The number of nitrogens with zero attached hydrogens (tertiary/aromatic N) is 4. The molecule has 0 bridgehead atoms. The summed E-state index contributed by atoms with van der Waals surface area (Å²) >= 11 is 3.94. The second-order valence-electron chi connectivity index (χ2n) is 6.87. The van der Waals surface area contributed by atoms with E-state index in [0.29, 0.717) is 11.3 Å². The molecule has 0 radical (unpaired) electrons. The number of aliphatic carboxylic acids is 1. The van der Waals surface area contributed by atoms with Crippen LogP contribution in [0.4, 0.5) is 5.13 Å². The number of carbonyl (C=O) groups excluding carboxylic acids is 2. The van der Waals surface area contributed by atoms with Crippen molar-refractivity contribution in [1.29, 1.82) is 0 Å². The number of amides is 2. The average Bonchev–Trinajstić information content (AvgIpc) is 3.40. The number of anilines is 1. The van der Waals surface area contributed by atoms with Crippen LogP contribution < -0.4 is 11.1 Å². The number of aryl methyl sites for hydroxylation is 1. The van der Waals surface area contributed by atoms with E-state index in [1.165, 1.54) is 35.1 Å². The summed E-state index contributed by atoms with van der Waals surface area (Å²) in [7, 11) is 1.28. The third-order valence-electron chi connectivity index (χ3n) is 4.87. The molecular weight excluding hydrogens is 488 g/mol. The summed E-state index contributed by atoms with van der Waals surface area (Å²) in [5.41, 5.74) is 8.68. The topological polar surface area (TPSA) is 160 Å². The van der Waals surface area contributed by atoms with Crippen molar-refractivity contribution in [2.75, 3.05) is 18.6 Å². The predicted octanol–water partition coefficient (Wildman–Crippen LogP) is 1.29. The Balaban J connectivity index is 1.54. The number of allylic oxidation sites excluding steroid dienone is 1. The second kappa shape index (κ2) is 9.33. The molecule has 0 aliphatic carbocycles. The number of nitrogens with two attached hydrogens (primary N) is 1. The number of carboxylic acids is 1. The number of aromatic nitrogens is 2. The predicted molar refractivity (Wildman–Crippen MR) is 126 cm³/mol. The van der Waals surface area contributed by atoms with Gasteiger partial charge >= 0.3 is 5.97 Å². The molecule has 0 saturated carbocycles. The zero-order chi connectivity index (χ0) is 23.7. The molecule has 172 valence electrons. The number of hydrogen-bond acceptors (Lipinski definition) is 11. The van der Waals surface area contributed by atoms with Crippen LogP contribution in [0.3, 0.4) is 0 Å². The van der Waals surface area contributed by atoms with E-state index in [1.807, 2.05) is 6.92 Å². The lowest BCUT2D eigenvalue weighted by molar-refractivity contribution is -0.150. The molecule has 4 N–H and O–H groups in total. The molecule has 2 aliphatic rings. The molecular formula is C19H18N6O5S3. The first-order valence-corrected chi connectivity index (χ1v) is 12.2. The average molecular weight is 507 g/mol. The fourth-order valence-electron chi connectivity index (χ4n) is 3.32. The minimum absolute atomic E-state index is 0.0919. The molecule has 1 saturated heterocycles. The quantitative estimate of drug-likeness (QED) is 0.286. The van der Waals surface area contributed by atoms with Crippen LogP contribution in [-0.4, -0.2) is 67.7 Å². The van der Waals surface area contributed by atoms with Crippen LogP contribution in [0.15, 0.2) is 33.4 Å². The van der Waals surface area contributed by atoms with Gasteiger partial charge < -0.3 is 21.0 Å². The maximum absolute atomic E-state index is 12.9. The fraction of sp³-hybridized carbons (Fsp3) is 0.263. The van der Waals surface area contributed by atoms with E-state index in [2.05, 4.69) is 20.4 Å². The molecule has 2 atom stereocenters. The van der Waals surface area contributed by atoms with Crippen molar-refractivity contribution < 1.29 is 24.3 Å². The van der Waals surface area contributed by atoms with Crippen LogP contribution in [0, 0.1) is 6.92 Å². The highest BCUT2D eigenvalue weighted by molar-refractivity contribution is 8.00. The van der Waals surface area contributed by atoms with E-state index < -0.39 is 29.2 Å². The fourth-order valence-corrected chi connectivity index (χ4v) is 5.88. The monoisotopic (exact) mass is 506 g/mol. The number of fused-ring (bicyclic) bond motifs is 1. The summed E-state index contributed by atoms with van der Waals surface area (Å²) in [4.78, 5) is 52.7. The van der Waals surface area contributed by atoms with Gasteiger partial charge in [-0.05, 0) is 18.6 Å². The lowest BCUT2D eigenvalue weighted by Gasteiger charge is -2.49. The van der Waals surface area contributed by atoms with Gasteiger partial charge in [-0.2, -0.15) is 0 Å². The zero-order valence-corrected chi connectivity index (χ0v) is 19.8. The number of thiazole rings is 2. The van der Waals surface area contributed by atoms with Gasteiger partial charge in [0.25, 0.3) is 11.8 Å². The van der Waals surface area contributed by atoms with Crippen LogP contribution >= 0.6 is 34.4 Å². The molecule has 14 heteroatoms. The smallest absolute Gasteiger partial charge is 0.352 e. The highest BCUT2D eigenvalue weighted by Gasteiger charge is 2.54. The first-order valence-electron chi connectivity index (χ1n) is 9.44. The van der Waals surface area contributed by atoms with Gasteiger partial charge in [-0.1, -0.05) is 11.2 Å². The summed E-state index contributed by atoms with van der Waals surface area (Å²) in [5, 5.41) is 17.4. The third kappa shape index (κ3) is 4.36. The highest BCUT2D eigenvalue weighted by atomic mass is 32.2. The molecule has 0 aromatic carbocycles. The number of rotatable bonds is 7. The van der Waals surface area contributed by atoms with E-state index in [9.17, 15) is 19.5 Å². The zero-order valence-electron chi connectivity index (χ0n) is 17.3. The van der Waals surface area contributed by atoms with Gasteiger partial charge in [-0.25, -0.2) is 14.8 Å². The lowest BCUT2D eigenvalue weighted by Crippen LogP contribution is -2.71. The Labute approximate surface area is 200 Å². The van der Waals surface area contributed by atoms with Crippen LogP contribution in [0.25, 0.3) is 6.08 Å². The molecule has 11 nitrogen and oxygen atoms in total. The molecule has 2 aliphatic heterocycles. The van der Waals surface area contributed by atoms with Gasteiger partial charge in [0.05, 0.1) is 11.2 Å². The van der Waals surface area contributed by atoms with Gasteiger partial charge in [-0.15, -0.1) is 34.4 Å². The van der Waals surface area contributed by atoms with Gasteiger partial charge in [0.15, 0.2) is 10.8 Å². The first-order chi connectivity index (χ1) is 15.8. The molecule has 4 heterocycles. The van der Waals surface area contributed by atoms with E-state index in [0.717, 1.165) is 21.9 Å². The molecule has 2 unspecified atom stereocenters. The van der Waals surface area contributed by atoms with Crippen molar-refractivity contribution in [1.82, 2.24) is 20.2 Å². The maximum atomic E-state index is 12.9. The highest BCUT2D eigenvalue weighted by Crippen LogP contribution is 2.41. The van der Waals surface area contributed by atoms with Crippen molar-refractivity contribution in [2.45, 2.75) is 18.3 Å². The number of carbonyl (C=O) groups is 3. The van der Waals surface area contributed by atoms with Gasteiger partial charge in [0, 0.05) is 16.0 Å². The Morgan fingerprint density at radius 2 is 2.18 bits per heavy atom. The largest absolute Gasteiger partial charge is 0.477 e. The Bertz CT molecular complexity index is 1220. The van der Waals surface area contributed by atoms with Crippen molar-refractivity contribution in [3.63, 3.8) is 0 Å². The summed E-state index contributed by atoms with van der Waals surface area (Å²) in [6, 6.07) is -0.913. The summed E-state index contributed by atoms with van der Waals surface area (Å²) < 4.78 is 0. The summed E-state index contributed by atoms with van der Waals surface area (Å²) in [6.45, 7) is 1.86. The van der Waals surface area contributed by atoms with Crippen LogP contribution in [0.5, 0.6) is 0 Å². The Morgan fingerprint density at radius 3 is 2.79 bits per heavy atom. The molecule has 0 spiro atoms. The molecule has 2 aromatic rings. The Hall–Kier alpha value is -3.23. The number of thioether (sulfide) groups is 1. The number of β-lactam (4-membered cyclic amide) rings is 1. The van der Waals surface area contributed by atoms with Crippen LogP contribution in [0.1, 0.15) is 16.3 Å². The second-order valence-corrected chi connectivity index (χ2v) is 9.75. The van der Waals surface area contributed by atoms with Crippen molar-refractivity contribution in [3.8, 4) is 0 Å². The van der Waals surface area contributed by atoms with E-state index >= 15 is 0 Å². The number of carboxylic acid groups (broad SMARTS) is 1. The summed E-state index contributed by atoms with van der Waals surface area (Å²) in [6.07, 6.45) is 3.49. The van der Waals surface area contributed by atoms with Gasteiger partial charge in [0.2, 0.25) is 0 Å². The lowest BCUT2D eigenvalue weighted by atomic mass is 10.0. The third-order valence-corrected chi connectivity index (χ3v) is 7.74. The minimum Gasteiger partial charge on any atom is -0.477 e. The Morgan fingerprint density at radius 1 is 1.39 bits per heavy atom. The molecule has 2 amide bonds. The van der Waals surface area contributed by atoms with Crippen molar-refractivity contribution in [3.05, 3.63) is 44.5 Å². The molecule has 4 rings (SSSR count). The maximum Gasteiger partial charge on any atom is 0.352 e. The SMILES string of the molecule is CO/N=C(/C(=O)NC1C(=O)N2C(C(=O)O)=C(/C=C/c3scnc3C)CSC12)c1csc(N)n1. The van der Waals surface area contributed by atoms with Crippen molar-refractivity contribution >= 4 is 69.1 Å². The minimum atomic E-state index is -1.21. The van der Waals surface area contributed by atoms with Gasteiger partial charge in [0.1, 0.15) is 29.9 Å². The number of nitrogen functional groups attached to an aromatic ring is 1.